The molecule has 0 saturated heterocycles. The predicted octanol–water partition coefficient (Wildman–Crippen LogP) is 2.27. The summed E-state index contributed by atoms with van der Waals surface area (Å²) < 4.78 is 0. The number of amides is 1. The van der Waals surface area contributed by atoms with Crippen molar-refractivity contribution in [2.45, 2.75) is 20.4 Å². The van der Waals surface area contributed by atoms with E-state index in [1.165, 1.54) is 0 Å². The van der Waals surface area contributed by atoms with Gasteiger partial charge in [0, 0.05) is 22.3 Å². The molecule has 2 rings (SSSR count). The van der Waals surface area contributed by atoms with E-state index in [2.05, 4.69) is 10.3 Å². The van der Waals surface area contributed by atoms with Crippen LogP contribution in [0.4, 0.5) is 5.69 Å². The van der Waals surface area contributed by atoms with Gasteiger partial charge in [-0.3, -0.25) is 4.79 Å². The lowest BCUT2D eigenvalue weighted by molar-refractivity contribution is 0.0951. The van der Waals surface area contributed by atoms with E-state index in [-0.39, 0.29) is 5.91 Å². The van der Waals surface area contributed by atoms with Gasteiger partial charge in [0.1, 0.15) is 5.01 Å². The lowest BCUT2D eigenvalue weighted by Crippen LogP contribution is -2.22. The van der Waals surface area contributed by atoms with Crippen LogP contribution in [-0.4, -0.2) is 10.9 Å². The van der Waals surface area contributed by atoms with Gasteiger partial charge in [-0.15, -0.1) is 11.3 Å². The molecule has 0 bridgehead atoms. The number of thiazole rings is 1. The number of nitrogens with zero attached hydrogens (tertiary/aromatic N) is 1. The first-order chi connectivity index (χ1) is 8.54. The Morgan fingerprint density at radius 1 is 1.39 bits per heavy atom. The first kappa shape index (κ1) is 12.6. The summed E-state index contributed by atoms with van der Waals surface area (Å²) in [5.74, 6) is -0.127. The Morgan fingerprint density at radius 2 is 2.17 bits per heavy atom. The number of aryl methyl sites for hydroxylation is 2. The molecule has 5 heteroatoms. The summed E-state index contributed by atoms with van der Waals surface area (Å²) in [5.41, 5.74) is 7.88. The van der Waals surface area contributed by atoms with E-state index in [9.17, 15) is 4.79 Å². The molecule has 94 valence electrons. The zero-order chi connectivity index (χ0) is 13.1. The van der Waals surface area contributed by atoms with Gasteiger partial charge in [0.05, 0.1) is 6.54 Å². The van der Waals surface area contributed by atoms with E-state index in [0.29, 0.717) is 17.8 Å². The topological polar surface area (TPSA) is 68.0 Å². The molecular formula is C13H15N3OS. The highest BCUT2D eigenvalue weighted by Crippen LogP contribution is 2.13. The number of benzene rings is 1. The van der Waals surface area contributed by atoms with Gasteiger partial charge in [0.15, 0.2) is 0 Å². The minimum atomic E-state index is -0.127. The van der Waals surface area contributed by atoms with Gasteiger partial charge < -0.3 is 11.1 Å². The quantitative estimate of drug-likeness (QED) is 0.833. The van der Waals surface area contributed by atoms with Crippen molar-refractivity contribution >= 4 is 22.9 Å². The molecule has 1 heterocycles. The molecule has 0 saturated carbocycles. The Balaban J connectivity index is 2.03. The van der Waals surface area contributed by atoms with E-state index in [1.54, 1.807) is 23.6 Å². The average molecular weight is 261 g/mol. The van der Waals surface area contributed by atoms with Crippen LogP contribution in [-0.2, 0) is 6.54 Å². The second kappa shape index (κ2) is 5.18. The van der Waals surface area contributed by atoms with Gasteiger partial charge >= 0.3 is 0 Å². The number of hydrogen-bond donors (Lipinski definition) is 2. The van der Waals surface area contributed by atoms with Crippen molar-refractivity contribution in [3.63, 3.8) is 0 Å². The summed E-state index contributed by atoms with van der Waals surface area (Å²) in [7, 11) is 0. The Bertz CT molecular complexity index is 557. The van der Waals surface area contributed by atoms with Gasteiger partial charge in [0.2, 0.25) is 0 Å². The Labute approximate surface area is 110 Å². The fraction of sp³-hybridized carbons (Fsp3) is 0.231. The fourth-order valence-corrected chi connectivity index (χ4v) is 2.41. The van der Waals surface area contributed by atoms with Crippen LogP contribution in [0.15, 0.2) is 24.4 Å². The molecule has 0 aliphatic rings. The third kappa shape index (κ3) is 3.07. The molecule has 0 aliphatic heterocycles. The second-order valence-electron chi connectivity index (χ2n) is 4.18. The summed E-state index contributed by atoms with van der Waals surface area (Å²) in [6, 6.07) is 5.33. The van der Waals surface area contributed by atoms with Gasteiger partial charge in [0.25, 0.3) is 5.91 Å². The summed E-state index contributed by atoms with van der Waals surface area (Å²) in [6.45, 7) is 4.35. The molecule has 0 fully saturated rings. The van der Waals surface area contributed by atoms with Crippen LogP contribution in [0.2, 0.25) is 0 Å². The largest absolute Gasteiger partial charge is 0.399 e. The first-order valence-electron chi connectivity index (χ1n) is 5.61. The van der Waals surface area contributed by atoms with Crippen LogP contribution in [0.1, 0.15) is 25.8 Å². The van der Waals surface area contributed by atoms with Gasteiger partial charge in [-0.1, -0.05) is 0 Å². The molecule has 0 aliphatic carbocycles. The SMILES string of the molecule is Cc1cc(N)cc(C(=O)NCc2ncc(C)s2)c1. The highest BCUT2D eigenvalue weighted by molar-refractivity contribution is 7.11. The Kier molecular flexibility index (Phi) is 3.62. The molecule has 0 atom stereocenters. The molecular weight excluding hydrogens is 246 g/mol. The average Bonchev–Trinajstić information content (AvgIpc) is 2.70. The maximum atomic E-state index is 11.9. The highest BCUT2D eigenvalue weighted by Gasteiger charge is 2.07. The zero-order valence-electron chi connectivity index (χ0n) is 10.4. The van der Waals surface area contributed by atoms with E-state index in [4.69, 9.17) is 5.73 Å². The van der Waals surface area contributed by atoms with Crippen molar-refractivity contribution in [1.82, 2.24) is 10.3 Å². The van der Waals surface area contributed by atoms with Crippen LogP contribution in [0.5, 0.6) is 0 Å². The number of rotatable bonds is 3. The normalized spacial score (nSPS) is 10.3. The minimum absolute atomic E-state index is 0.127. The molecule has 1 amide bonds. The number of anilines is 1. The van der Waals surface area contributed by atoms with Crippen molar-refractivity contribution in [2.24, 2.45) is 0 Å². The van der Waals surface area contributed by atoms with Gasteiger partial charge in [-0.05, 0) is 37.6 Å². The smallest absolute Gasteiger partial charge is 0.251 e. The number of carbonyl (C=O) groups excluding carboxylic acids is 1. The van der Waals surface area contributed by atoms with E-state index < -0.39 is 0 Å². The zero-order valence-corrected chi connectivity index (χ0v) is 11.2. The van der Waals surface area contributed by atoms with Crippen LogP contribution >= 0.6 is 11.3 Å². The number of aromatic nitrogens is 1. The number of nitrogen functional groups attached to an aromatic ring is 1. The predicted molar refractivity (Wildman–Crippen MR) is 73.6 cm³/mol. The fourth-order valence-electron chi connectivity index (χ4n) is 1.68. The number of nitrogens with two attached hydrogens (primary N) is 1. The summed E-state index contributed by atoms with van der Waals surface area (Å²) >= 11 is 1.58. The molecule has 0 radical (unpaired) electrons. The van der Waals surface area contributed by atoms with E-state index in [1.807, 2.05) is 26.0 Å². The number of nitrogens with one attached hydrogen (secondary N) is 1. The van der Waals surface area contributed by atoms with Crippen molar-refractivity contribution < 1.29 is 4.79 Å². The van der Waals surface area contributed by atoms with Crippen LogP contribution < -0.4 is 11.1 Å². The summed E-state index contributed by atoms with van der Waals surface area (Å²) in [5, 5.41) is 3.74. The molecule has 2 aromatic rings. The van der Waals surface area contributed by atoms with E-state index >= 15 is 0 Å². The third-order valence-electron chi connectivity index (χ3n) is 2.43. The monoisotopic (exact) mass is 261 g/mol. The summed E-state index contributed by atoms with van der Waals surface area (Å²) in [4.78, 5) is 17.3. The third-order valence-corrected chi connectivity index (χ3v) is 3.34. The lowest BCUT2D eigenvalue weighted by Gasteiger charge is -2.05. The van der Waals surface area contributed by atoms with Gasteiger partial charge in [-0.2, -0.15) is 0 Å². The maximum absolute atomic E-state index is 11.9. The molecule has 0 spiro atoms. The standard InChI is InChI=1S/C13H15N3OS/c1-8-3-10(5-11(14)4-8)13(17)16-7-12-15-6-9(2)18-12/h3-6H,7,14H2,1-2H3,(H,16,17). The van der Waals surface area contributed by atoms with E-state index in [0.717, 1.165) is 15.4 Å². The van der Waals surface area contributed by atoms with Crippen molar-refractivity contribution in [2.75, 3.05) is 5.73 Å². The highest BCUT2D eigenvalue weighted by atomic mass is 32.1. The first-order valence-corrected chi connectivity index (χ1v) is 6.43. The Hall–Kier alpha value is -1.88. The molecule has 0 unspecified atom stereocenters. The van der Waals surface area contributed by atoms with Crippen LogP contribution in [0, 0.1) is 13.8 Å². The van der Waals surface area contributed by atoms with Crippen molar-refractivity contribution in [3.8, 4) is 0 Å². The summed E-state index contributed by atoms with van der Waals surface area (Å²) in [6.07, 6.45) is 1.80. The van der Waals surface area contributed by atoms with Crippen molar-refractivity contribution in [3.05, 3.63) is 45.4 Å². The van der Waals surface area contributed by atoms with Crippen molar-refractivity contribution in [1.29, 1.82) is 0 Å². The lowest BCUT2D eigenvalue weighted by atomic mass is 10.1. The molecule has 1 aromatic carbocycles. The molecule has 18 heavy (non-hydrogen) atoms. The molecule has 3 N–H and O–H groups in total. The Morgan fingerprint density at radius 3 is 2.78 bits per heavy atom. The molecule has 1 aromatic heterocycles. The maximum Gasteiger partial charge on any atom is 0.251 e. The molecule has 4 nitrogen and oxygen atoms in total. The number of carbonyl (C=O) groups is 1. The minimum Gasteiger partial charge on any atom is -0.399 e. The number of hydrogen-bond acceptors (Lipinski definition) is 4. The second-order valence-corrected chi connectivity index (χ2v) is 5.50. The van der Waals surface area contributed by atoms with Crippen LogP contribution in [0.25, 0.3) is 0 Å². The van der Waals surface area contributed by atoms with Crippen LogP contribution in [0.3, 0.4) is 0 Å². The van der Waals surface area contributed by atoms with Gasteiger partial charge in [-0.25, -0.2) is 4.98 Å².